The van der Waals surface area contributed by atoms with Crippen LogP contribution in [0.25, 0.3) is 0 Å². The van der Waals surface area contributed by atoms with Crippen molar-refractivity contribution in [2.45, 2.75) is 13.8 Å². The molecule has 0 aromatic carbocycles. The highest BCUT2D eigenvalue weighted by Crippen LogP contribution is 2.06. The van der Waals surface area contributed by atoms with Crippen molar-refractivity contribution < 1.29 is 4.79 Å². The third-order valence-electron chi connectivity index (χ3n) is 2.70. The van der Waals surface area contributed by atoms with Crippen LogP contribution in [0.3, 0.4) is 0 Å². The van der Waals surface area contributed by atoms with Gasteiger partial charge in [-0.2, -0.15) is 5.26 Å². The lowest BCUT2D eigenvalue weighted by Gasteiger charge is -2.21. The van der Waals surface area contributed by atoms with Crippen LogP contribution in [0.15, 0.2) is 18.3 Å². The maximum absolute atomic E-state index is 12.3. The molecule has 1 aromatic rings. The zero-order chi connectivity index (χ0) is 15.0. The fourth-order valence-electron chi connectivity index (χ4n) is 1.64. The molecule has 1 aromatic heterocycles. The Kier molecular flexibility index (Phi) is 6.22. The quantitative estimate of drug-likeness (QED) is 0.828. The lowest BCUT2D eigenvalue weighted by atomic mass is 10.2. The van der Waals surface area contributed by atoms with Gasteiger partial charge in [-0.1, -0.05) is 11.8 Å². The SMILES string of the molecule is CCN(CC(C)C#N)C(=O)c1ccc(C#CCN)cn1. The summed E-state index contributed by atoms with van der Waals surface area (Å²) in [7, 11) is 0. The van der Waals surface area contributed by atoms with Gasteiger partial charge in [-0.15, -0.1) is 0 Å². The van der Waals surface area contributed by atoms with Gasteiger partial charge in [-0.3, -0.25) is 4.79 Å². The van der Waals surface area contributed by atoms with Crippen LogP contribution in [0.2, 0.25) is 0 Å². The molecule has 0 aliphatic heterocycles. The van der Waals surface area contributed by atoms with Crippen molar-refractivity contribution in [1.82, 2.24) is 9.88 Å². The number of pyridine rings is 1. The van der Waals surface area contributed by atoms with Crippen LogP contribution in [0, 0.1) is 29.1 Å². The smallest absolute Gasteiger partial charge is 0.272 e. The Labute approximate surface area is 119 Å². The minimum absolute atomic E-state index is 0.173. The molecule has 0 saturated carbocycles. The number of hydrogen-bond donors (Lipinski definition) is 1. The normalized spacial score (nSPS) is 10.9. The molecular formula is C15H18N4O. The van der Waals surface area contributed by atoms with E-state index in [-0.39, 0.29) is 18.4 Å². The fourth-order valence-corrected chi connectivity index (χ4v) is 1.64. The van der Waals surface area contributed by atoms with Crippen LogP contribution in [0.5, 0.6) is 0 Å². The first-order valence-corrected chi connectivity index (χ1v) is 6.46. The van der Waals surface area contributed by atoms with Gasteiger partial charge in [-0.25, -0.2) is 4.98 Å². The van der Waals surface area contributed by atoms with E-state index in [1.807, 2.05) is 6.92 Å². The van der Waals surface area contributed by atoms with Gasteiger partial charge in [-0.05, 0) is 26.0 Å². The zero-order valence-electron chi connectivity index (χ0n) is 11.8. The lowest BCUT2D eigenvalue weighted by Crippen LogP contribution is -2.34. The second-order valence-corrected chi connectivity index (χ2v) is 4.31. The van der Waals surface area contributed by atoms with Gasteiger partial charge < -0.3 is 10.6 Å². The monoisotopic (exact) mass is 270 g/mol. The highest BCUT2D eigenvalue weighted by molar-refractivity contribution is 5.92. The molecule has 0 fully saturated rings. The zero-order valence-corrected chi connectivity index (χ0v) is 11.8. The molecule has 0 spiro atoms. The molecule has 5 nitrogen and oxygen atoms in total. The lowest BCUT2D eigenvalue weighted by molar-refractivity contribution is 0.0747. The van der Waals surface area contributed by atoms with Crippen molar-refractivity contribution in [3.05, 3.63) is 29.6 Å². The van der Waals surface area contributed by atoms with E-state index >= 15 is 0 Å². The number of nitrogens with zero attached hydrogens (tertiary/aromatic N) is 3. The average molecular weight is 270 g/mol. The number of aromatic nitrogens is 1. The molecule has 0 bridgehead atoms. The van der Waals surface area contributed by atoms with E-state index in [0.29, 0.717) is 18.8 Å². The van der Waals surface area contributed by atoms with E-state index in [2.05, 4.69) is 22.9 Å². The van der Waals surface area contributed by atoms with E-state index in [4.69, 9.17) is 11.0 Å². The first-order valence-electron chi connectivity index (χ1n) is 6.46. The summed E-state index contributed by atoms with van der Waals surface area (Å²) in [6.45, 7) is 4.90. The van der Waals surface area contributed by atoms with Crippen LogP contribution in [0.4, 0.5) is 0 Å². The van der Waals surface area contributed by atoms with Crippen LogP contribution >= 0.6 is 0 Å². The van der Waals surface area contributed by atoms with E-state index < -0.39 is 0 Å². The molecule has 1 heterocycles. The Morgan fingerprint density at radius 2 is 2.30 bits per heavy atom. The van der Waals surface area contributed by atoms with E-state index in [9.17, 15) is 4.79 Å². The van der Waals surface area contributed by atoms with Gasteiger partial charge in [0.05, 0.1) is 18.5 Å². The third-order valence-corrected chi connectivity index (χ3v) is 2.70. The summed E-state index contributed by atoms with van der Waals surface area (Å²) in [5.74, 6) is 5.20. The van der Waals surface area contributed by atoms with E-state index in [0.717, 1.165) is 5.56 Å². The van der Waals surface area contributed by atoms with Crippen molar-refractivity contribution in [2.24, 2.45) is 11.7 Å². The standard InChI is InChI=1S/C15H18N4O/c1-3-19(11-12(2)9-17)15(20)14-7-6-13(10-18-14)5-4-8-16/h6-7,10,12H,3,8,11,16H2,1-2H3. The van der Waals surface area contributed by atoms with Gasteiger partial charge in [0.15, 0.2) is 0 Å². The molecule has 1 atom stereocenters. The molecule has 1 rings (SSSR count). The predicted molar refractivity (Wildman–Crippen MR) is 76.5 cm³/mol. The Balaban J connectivity index is 2.83. The Morgan fingerprint density at radius 3 is 2.80 bits per heavy atom. The molecule has 20 heavy (non-hydrogen) atoms. The molecule has 0 aliphatic carbocycles. The number of hydrogen-bond acceptors (Lipinski definition) is 4. The van der Waals surface area contributed by atoms with Crippen LogP contribution < -0.4 is 5.73 Å². The number of amides is 1. The number of nitrogens with two attached hydrogens (primary N) is 1. The van der Waals surface area contributed by atoms with Crippen LogP contribution in [0.1, 0.15) is 29.9 Å². The molecule has 0 aliphatic rings. The molecule has 0 saturated heterocycles. The Morgan fingerprint density at radius 1 is 1.55 bits per heavy atom. The van der Waals surface area contributed by atoms with Gasteiger partial charge in [0, 0.05) is 24.8 Å². The van der Waals surface area contributed by atoms with Crippen molar-refractivity contribution >= 4 is 5.91 Å². The van der Waals surface area contributed by atoms with E-state index in [1.165, 1.54) is 0 Å². The fraction of sp³-hybridized carbons (Fsp3) is 0.400. The molecule has 1 amide bonds. The second-order valence-electron chi connectivity index (χ2n) is 4.31. The number of rotatable bonds is 4. The van der Waals surface area contributed by atoms with Crippen LogP contribution in [-0.4, -0.2) is 35.4 Å². The number of carbonyl (C=O) groups excluding carboxylic acids is 1. The number of nitriles is 1. The minimum atomic E-state index is -0.200. The molecule has 2 N–H and O–H groups in total. The maximum atomic E-state index is 12.3. The molecular weight excluding hydrogens is 252 g/mol. The summed E-state index contributed by atoms with van der Waals surface area (Å²) in [4.78, 5) is 18.0. The topological polar surface area (TPSA) is 83.0 Å². The van der Waals surface area contributed by atoms with Crippen molar-refractivity contribution in [3.8, 4) is 17.9 Å². The van der Waals surface area contributed by atoms with Crippen molar-refractivity contribution in [2.75, 3.05) is 19.6 Å². The second kappa shape index (κ2) is 7.93. The molecule has 5 heteroatoms. The van der Waals surface area contributed by atoms with Crippen molar-refractivity contribution in [1.29, 1.82) is 5.26 Å². The molecule has 104 valence electrons. The van der Waals surface area contributed by atoms with Gasteiger partial charge in [0.25, 0.3) is 5.91 Å². The third kappa shape index (κ3) is 4.38. The Bertz CT molecular complexity index is 548. The van der Waals surface area contributed by atoms with E-state index in [1.54, 1.807) is 30.2 Å². The summed E-state index contributed by atoms with van der Waals surface area (Å²) in [5, 5.41) is 8.82. The molecule has 0 radical (unpaired) electrons. The Hall–Kier alpha value is -2.37. The highest BCUT2D eigenvalue weighted by Gasteiger charge is 2.17. The summed E-state index contributed by atoms with van der Waals surface area (Å²) in [6.07, 6.45) is 1.55. The van der Waals surface area contributed by atoms with Gasteiger partial charge in [0.2, 0.25) is 0 Å². The highest BCUT2D eigenvalue weighted by atomic mass is 16.2. The maximum Gasteiger partial charge on any atom is 0.272 e. The largest absolute Gasteiger partial charge is 0.336 e. The minimum Gasteiger partial charge on any atom is -0.336 e. The average Bonchev–Trinajstić information content (AvgIpc) is 2.50. The summed E-state index contributed by atoms with van der Waals surface area (Å²) in [6, 6.07) is 5.51. The van der Waals surface area contributed by atoms with Gasteiger partial charge in [0.1, 0.15) is 5.69 Å². The van der Waals surface area contributed by atoms with Gasteiger partial charge >= 0.3 is 0 Å². The predicted octanol–water partition coefficient (Wildman–Crippen LogP) is 1.01. The summed E-state index contributed by atoms with van der Waals surface area (Å²) < 4.78 is 0. The summed E-state index contributed by atoms with van der Waals surface area (Å²) in [5.41, 5.74) is 6.37. The first-order chi connectivity index (χ1) is 9.62. The van der Waals surface area contributed by atoms with Crippen LogP contribution in [-0.2, 0) is 0 Å². The molecule has 1 unspecified atom stereocenters. The summed E-state index contributed by atoms with van der Waals surface area (Å²) >= 11 is 0. The first kappa shape index (κ1) is 15.7. The van der Waals surface area contributed by atoms with Crippen molar-refractivity contribution in [3.63, 3.8) is 0 Å². The number of carbonyl (C=O) groups is 1.